The maximum Gasteiger partial charge on any atom is 0.266 e. The minimum Gasteiger partial charge on any atom is -0.465 e. The van der Waals surface area contributed by atoms with Crippen molar-refractivity contribution < 1.29 is 22.4 Å². The van der Waals surface area contributed by atoms with Gasteiger partial charge in [-0.2, -0.15) is 0 Å². The molecule has 1 aromatic heterocycles. The van der Waals surface area contributed by atoms with Crippen LogP contribution in [0.15, 0.2) is 51.4 Å². The molecule has 2 amide bonds. The van der Waals surface area contributed by atoms with Gasteiger partial charge < -0.3 is 9.73 Å². The Morgan fingerprint density at radius 3 is 2.96 bits per heavy atom. The van der Waals surface area contributed by atoms with E-state index in [-0.39, 0.29) is 30.5 Å². The van der Waals surface area contributed by atoms with Gasteiger partial charge in [0.15, 0.2) is 9.84 Å². The molecule has 1 saturated heterocycles. The second kappa shape index (κ2) is 8.24. The number of amides is 2. The number of nitrogens with one attached hydrogen (secondary N) is 1. The summed E-state index contributed by atoms with van der Waals surface area (Å²) in [5, 5.41) is 3.72. The van der Waals surface area contributed by atoms with Gasteiger partial charge in [-0.1, -0.05) is 30.1 Å². The summed E-state index contributed by atoms with van der Waals surface area (Å²) < 4.78 is 28.2. The third-order valence-electron chi connectivity index (χ3n) is 3.76. The molecule has 1 fully saturated rings. The molecular weight excluding hydrogens is 408 g/mol. The van der Waals surface area contributed by atoms with Gasteiger partial charge in [-0.15, -0.1) is 0 Å². The van der Waals surface area contributed by atoms with Gasteiger partial charge in [0.1, 0.15) is 10.1 Å². The van der Waals surface area contributed by atoms with Crippen LogP contribution in [0.2, 0.25) is 0 Å². The molecule has 10 heteroatoms. The van der Waals surface area contributed by atoms with Crippen molar-refractivity contribution in [3.63, 3.8) is 0 Å². The second-order valence-corrected chi connectivity index (χ2v) is 9.42. The van der Waals surface area contributed by atoms with Crippen LogP contribution in [-0.4, -0.2) is 47.8 Å². The second-order valence-electron chi connectivity index (χ2n) is 5.81. The van der Waals surface area contributed by atoms with Crippen molar-refractivity contribution in [3.05, 3.63) is 52.7 Å². The summed E-state index contributed by atoms with van der Waals surface area (Å²) in [6.45, 7) is 0.138. The molecule has 0 unspecified atom stereocenters. The van der Waals surface area contributed by atoms with Crippen molar-refractivity contribution in [2.24, 2.45) is 0 Å². The summed E-state index contributed by atoms with van der Waals surface area (Å²) in [6.07, 6.45) is 8.11. The number of thiocarbonyl (C=S) groups is 1. The van der Waals surface area contributed by atoms with Crippen LogP contribution in [0, 0.1) is 0 Å². The molecule has 7 nitrogen and oxygen atoms in total. The van der Waals surface area contributed by atoms with Gasteiger partial charge >= 0.3 is 0 Å². The first kappa shape index (κ1) is 19.6. The molecule has 1 atom stereocenters. The zero-order valence-electron chi connectivity index (χ0n) is 14.0. The van der Waals surface area contributed by atoms with E-state index in [1.165, 1.54) is 22.7 Å². The predicted octanol–water partition coefficient (Wildman–Crippen LogP) is 1.85. The average Bonchev–Trinajstić information content (AvgIpc) is 3.28. The monoisotopic (exact) mass is 424 g/mol. The molecule has 2 aliphatic heterocycles. The highest BCUT2D eigenvalue weighted by atomic mass is 32.2. The van der Waals surface area contributed by atoms with Crippen LogP contribution < -0.4 is 5.32 Å². The summed E-state index contributed by atoms with van der Waals surface area (Å²) in [5.41, 5.74) is 0. The zero-order chi connectivity index (χ0) is 19.4. The van der Waals surface area contributed by atoms with Gasteiger partial charge in [-0.3, -0.25) is 14.5 Å². The fourth-order valence-corrected chi connectivity index (χ4v) is 4.98. The van der Waals surface area contributed by atoms with E-state index < -0.39 is 15.9 Å². The number of sulfone groups is 1. The minimum atomic E-state index is -3.23. The fourth-order valence-electron chi connectivity index (χ4n) is 2.48. The Kier molecular flexibility index (Phi) is 5.98. The summed E-state index contributed by atoms with van der Waals surface area (Å²) in [7, 11) is -3.23. The lowest BCUT2D eigenvalue weighted by Crippen LogP contribution is -2.38. The van der Waals surface area contributed by atoms with E-state index in [0.717, 1.165) is 5.41 Å². The molecule has 3 heterocycles. The summed E-state index contributed by atoms with van der Waals surface area (Å²) in [6, 6.07) is 3.03. The summed E-state index contributed by atoms with van der Waals surface area (Å²) >= 11 is 6.38. The maximum atomic E-state index is 12.4. The van der Waals surface area contributed by atoms with Gasteiger partial charge in [0.2, 0.25) is 5.91 Å². The Balaban J connectivity index is 1.51. The number of rotatable bonds is 6. The number of hydrogen-bond donors (Lipinski definition) is 1. The molecule has 142 valence electrons. The van der Waals surface area contributed by atoms with Crippen LogP contribution in [0.3, 0.4) is 0 Å². The van der Waals surface area contributed by atoms with E-state index in [2.05, 4.69) is 5.32 Å². The van der Waals surface area contributed by atoms with Crippen molar-refractivity contribution in [3.8, 4) is 0 Å². The molecule has 0 saturated carbocycles. The van der Waals surface area contributed by atoms with E-state index >= 15 is 0 Å². The van der Waals surface area contributed by atoms with Gasteiger partial charge in [0.05, 0.1) is 23.0 Å². The molecular formula is C17H16N2O5S3. The Morgan fingerprint density at radius 2 is 2.30 bits per heavy atom. The van der Waals surface area contributed by atoms with Crippen LogP contribution >= 0.6 is 24.0 Å². The molecule has 0 bridgehead atoms. The van der Waals surface area contributed by atoms with Gasteiger partial charge in [-0.05, 0) is 30.4 Å². The number of hydrogen-bond acceptors (Lipinski definition) is 7. The SMILES string of the molecule is O=C(CCN1C(=O)/C(=C/C=C\c2ccco2)SC1=S)N[C@H]1C=CS(=O)(=O)C1. The molecule has 1 N–H and O–H groups in total. The van der Waals surface area contributed by atoms with Crippen LogP contribution in [0.25, 0.3) is 6.08 Å². The molecule has 1 aromatic rings. The topological polar surface area (TPSA) is 96.7 Å². The number of nitrogens with zero attached hydrogens (tertiary/aromatic N) is 1. The lowest BCUT2D eigenvalue weighted by atomic mass is 10.3. The fraction of sp³-hybridized carbons (Fsp3) is 0.235. The molecule has 0 aliphatic carbocycles. The molecule has 0 radical (unpaired) electrons. The third-order valence-corrected chi connectivity index (χ3v) is 6.56. The van der Waals surface area contributed by atoms with Crippen molar-refractivity contribution in [2.45, 2.75) is 12.5 Å². The van der Waals surface area contributed by atoms with Crippen molar-refractivity contribution >= 4 is 56.0 Å². The van der Waals surface area contributed by atoms with E-state index in [1.54, 1.807) is 36.6 Å². The van der Waals surface area contributed by atoms with Crippen molar-refractivity contribution in [1.82, 2.24) is 10.2 Å². The van der Waals surface area contributed by atoms with Gasteiger partial charge in [0.25, 0.3) is 5.91 Å². The van der Waals surface area contributed by atoms with E-state index in [9.17, 15) is 18.0 Å². The Hall–Kier alpha value is -2.17. The predicted molar refractivity (Wildman–Crippen MR) is 107 cm³/mol. The molecule has 0 spiro atoms. The lowest BCUT2D eigenvalue weighted by molar-refractivity contribution is -0.124. The Morgan fingerprint density at radius 1 is 1.48 bits per heavy atom. The van der Waals surface area contributed by atoms with Crippen LogP contribution in [-0.2, 0) is 19.4 Å². The first-order chi connectivity index (χ1) is 12.8. The molecule has 3 rings (SSSR count). The highest BCUT2D eigenvalue weighted by Gasteiger charge is 2.32. The van der Waals surface area contributed by atoms with Crippen molar-refractivity contribution in [2.75, 3.05) is 12.3 Å². The van der Waals surface area contributed by atoms with E-state index in [1.807, 2.05) is 0 Å². The highest BCUT2D eigenvalue weighted by Crippen LogP contribution is 2.31. The van der Waals surface area contributed by atoms with Crippen molar-refractivity contribution in [1.29, 1.82) is 0 Å². The highest BCUT2D eigenvalue weighted by molar-refractivity contribution is 8.26. The molecule has 0 aromatic carbocycles. The maximum absolute atomic E-state index is 12.4. The Labute approximate surface area is 166 Å². The largest absolute Gasteiger partial charge is 0.465 e. The lowest BCUT2D eigenvalue weighted by Gasteiger charge is -2.15. The third kappa shape index (κ3) is 5.18. The number of carbonyl (C=O) groups excluding carboxylic acids is 2. The summed E-state index contributed by atoms with van der Waals surface area (Å²) in [4.78, 5) is 26.3. The smallest absolute Gasteiger partial charge is 0.266 e. The number of allylic oxidation sites excluding steroid dienone is 2. The molecule has 2 aliphatic rings. The zero-order valence-corrected chi connectivity index (χ0v) is 16.5. The van der Waals surface area contributed by atoms with Gasteiger partial charge in [0, 0.05) is 18.4 Å². The average molecular weight is 425 g/mol. The normalized spacial score (nSPS) is 23.0. The summed E-state index contributed by atoms with van der Waals surface area (Å²) in [5.74, 6) is -0.0611. The minimum absolute atomic E-state index is 0.0341. The standard InChI is InChI=1S/C17H16N2O5S3/c20-15(18-12-7-10-27(22,23)11-12)6-8-19-16(21)14(26-17(19)25)5-1-3-13-4-2-9-24-13/h1-5,7,9-10,12H,6,8,11H2,(H,18,20)/b3-1-,14-5-/t12-/m0/s1. The quantitative estimate of drug-likeness (QED) is 0.550. The number of thioether (sulfide) groups is 1. The van der Waals surface area contributed by atoms with Gasteiger partial charge in [-0.25, -0.2) is 8.42 Å². The van der Waals surface area contributed by atoms with Crippen LogP contribution in [0.4, 0.5) is 0 Å². The van der Waals surface area contributed by atoms with Crippen LogP contribution in [0.5, 0.6) is 0 Å². The number of furan rings is 1. The Bertz CT molecular complexity index is 945. The molecule has 27 heavy (non-hydrogen) atoms. The van der Waals surface area contributed by atoms with E-state index in [4.69, 9.17) is 16.6 Å². The van der Waals surface area contributed by atoms with Crippen LogP contribution in [0.1, 0.15) is 12.2 Å². The first-order valence-corrected chi connectivity index (χ1v) is 10.9. The van der Waals surface area contributed by atoms with E-state index in [0.29, 0.717) is 15.0 Å². The first-order valence-electron chi connectivity index (χ1n) is 8.00. The number of carbonyl (C=O) groups is 2.